The Morgan fingerprint density at radius 1 is 1.33 bits per heavy atom. The summed E-state index contributed by atoms with van der Waals surface area (Å²) in [6, 6.07) is 3.36. The molecule has 0 aliphatic carbocycles. The quantitative estimate of drug-likeness (QED) is 0.787. The van der Waals surface area contributed by atoms with Gasteiger partial charge in [-0.1, -0.05) is 6.92 Å². The lowest BCUT2D eigenvalue weighted by Crippen LogP contribution is -2.44. The minimum absolute atomic E-state index is 0.0966. The van der Waals surface area contributed by atoms with E-state index in [4.69, 9.17) is 0 Å². The number of nitrogens with one attached hydrogen (secondary N) is 1. The third kappa shape index (κ3) is 4.39. The lowest BCUT2D eigenvalue weighted by atomic mass is 10.3. The van der Waals surface area contributed by atoms with E-state index in [0.29, 0.717) is 25.3 Å². The second-order valence-corrected chi connectivity index (χ2v) is 7.01. The maximum atomic E-state index is 12.9. The Kier molecular flexibility index (Phi) is 6.57. The highest BCUT2D eigenvalue weighted by atomic mass is 32.2. The van der Waals surface area contributed by atoms with Gasteiger partial charge in [0.1, 0.15) is 0 Å². The zero-order chi connectivity index (χ0) is 16.0. The van der Waals surface area contributed by atoms with E-state index in [1.165, 1.54) is 10.5 Å². The molecular formula is C14H26N4O2S. The molecule has 1 aromatic heterocycles. The SMILES string of the molecule is CCNc1cccnc1S(=O)(=O)N(CC)C(C)CN(C)C. The minimum Gasteiger partial charge on any atom is -0.383 e. The van der Waals surface area contributed by atoms with Crippen molar-refractivity contribution in [2.24, 2.45) is 0 Å². The Morgan fingerprint density at radius 2 is 2.00 bits per heavy atom. The van der Waals surface area contributed by atoms with Gasteiger partial charge in [-0.15, -0.1) is 0 Å². The molecule has 1 aromatic rings. The van der Waals surface area contributed by atoms with Gasteiger partial charge in [0.15, 0.2) is 5.03 Å². The van der Waals surface area contributed by atoms with E-state index in [9.17, 15) is 8.42 Å². The van der Waals surface area contributed by atoms with Crippen molar-refractivity contribution in [3.8, 4) is 0 Å². The number of anilines is 1. The van der Waals surface area contributed by atoms with Crippen LogP contribution in [0.15, 0.2) is 23.4 Å². The molecule has 1 N–H and O–H groups in total. The number of nitrogens with zero attached hydrogens (tertiary/aromatic N) is 3. The van der Waals surface area contributed by atoms with Crippen LogP contribution in [0.25, 0.3) is 0 Å². The Morgan fingerprint density at radius 3 is 2.52 bits per heavy atom. The predicted octanol–water partition coefficient (Wildman–Crippen LogP) is 1.47. The van der Waals surface area contributed by atoms with E-state index >= 15 is 0 Å². The van der Waals surface area contributed by atoms with Crippen LogP contribution >= 0.6 is 0 Å². The van der Waals surface area contributed by atoms with Crippen molar-refractivity contribution in [3.05, 3.63) is 18.3 Å². The van der Waals surface area contributed by atoms with Gasteiger partial charge in [0, 0.05) is 31.9 Å². The topological polar surface area (TPSA) is 65.5 Å². The number of sulfonamides is 1. The molecule has 7 heteroatoms. The molecule has 1 unspecified atom stereocenters. The van der Waals surface area contributed by atoms with E-state index in [1.54, 1.807) is 12.1 Å². The minimum atomic E-state index is -3.62. The van der Waals surface area contributed by atoms with Gasteiger partial charge in [0.05, 0.1) is 5.69 Å². The van der Waals surface area contributed by atoms with Gasteiger partial charge in [0.25, 0.3) is 10.0 Å². The summed E-state index contributed by atoms with van der Waals surface area (Å²) in [6.45, 7) is 7.41. The Bertz CT molecular complexity index is 546. The summed E-state index contributed by atoms with van der Waals surface area (Å²) in [4.78, 5) is 6.07. The summed E-state index contributed by atoms with van der Waals surface area (Å²) >= 11 is 0. The van der Waals surface area contributed by atoms with Gasteiger partial charge in [-0.3, -0.25) is 0 Å². The molecule has 0 spiro atoms. The zero-order valence-corrected chi connectivity index (χ0v) is 14.3. The summed E-state index contributed by atoms with van der Waals surface area (Å²) in [7, 11) is 0.249. The van der Waals surface area contributed by atoms with E-state index < -0.39 is 10.0 Å². The lowest BCUT2D eigenvalue weighted by molar-refractivity contribution is 0.271. The summed E-state index contributed by atoms with van der Waals surface area (Å²) in [5.41, 5.74) is 0.551. The van der Waals surface area contributed by atoms with E-state index in [-0.39, 0.29) is 11.1 Å². The molecule has 0 saturated carbocycles. The van der Waals surface area contributed by atoms with Crippen LogP contribution in [0, 0.1) is 0 Å². The molecule has 1 atom stereocenters. The maximum absolute atomic E-state index is 12.9. The molecule has 0 bridgehead atoms. The molecule has 0 saturated heterocycles. The molecule has 0 amide bonds. The molecule has 0 radical (unpaired) electrons. The number of likely N-dealkylation sites (N-methyl/N-ethyl adjacent to an activating group) is 2. The van der Waals surface area contributed by atoms with Crippen molar-refractivity contribution < 1.29 is 8.42 Å². The van der Waals surface area contributed by atoms with Crippen molar-refractivity contribution in [1.82, 2.24) is 14.2 Å². The molecule has 21 heavy (non-hydrogen) atoms. The molecule has 1 heterocycles. The second kappa shape index (κ2) is 7.72. The van der Waals surface area contributed by atoms with Crippen molar-refractivity contribution in [3.63, 3.8) is 0 Å². The number of aromatic nitrogens is 1. The first kappa shape index (κ1) is 17.9. The number of hydrogen-bond acceptors (Lipinski definition) is 5. The highest BCUT2D eigenvalue weighted by Crippen LogP contribution is 2.23. The number of hydrogen-bond donors (Lipinski definition) is 1. The second-order valence-electron chi connectivity index (χ2n) is 5.21. The third-order valence-electron chi connectivity index (χ3n) is 3.12. The molecule has 1 rings (SSSR count). The Labute approximate surface area is 128 Å². The van der Waals surface area contributed by atoms with E-state index in [2.05, 4.69) is 10.3 Å². The normalized spacial score (nSPS) is 13.7. The van der Waals surface area contributed by atoms with Crippen molar-refractivity contribution in [2.75, 3.05) is 39.0 Å². The standard InChI is InChI=1S/C14H26N4O2S/c1-6-15-13-9-8-10-16-14(13)21(19,20)18(7-2)12(3)11-17(4)5/h8-10,12,15H,6-7,11H2,1-5H3. The summed E-state index contributed by atoms with van der Waals surface area (Å²) in [6.07, 6.45) is 1.51. The summed E-state index contributed by atoms with van der Waals surface area (Å²) < 4.78 is 27.3. The molecular weight excluding hydrogens is 288 g/mol. The Hall–Kier alpha value is -1.18. The highest BCUT2D eigenvalue weighted by molar-refractivity contribution is 7.89. The molecule has 0 aliphatic rings. The molecule has 0 aliphatic heterocycles. The fraction of sp³-hybridized carbons (Fsp3) is 0.643. The van der Waals surface area contributed by atoms with Gasteiger partial charge < -0.3 is 10.2 Å². The first-order chi connectivity index (χ1) is 9.84. The Balaban J connectivity index is 3.19. The summed E-state index contributed by atoms with van der Waals surface area (Å²) in [5.74, 6) is 0. The first-order valence-electron chi connectivity index (χ1n) is 7.20. The molecule has 0 aromatic carbocycles. The third-order valence-corrected chi connectivity index (χ3v) is 5.17. The van der Waals surface area contributed by atoms with Gasteiger partial charge >= 0.3 is 0 Å². The average molecular weight is 314 g/mol. The number of pyridine rings is 1. The largest absolute Gasteiger partial charge is 0.383 e. The van der Waals surface area contributed by atoms with Crippen LogP contribution in [-0.2, 0) is 10.0 Å². The molecule has 120 valence electrons. The summed E-state index contributed by atoms with van der Waals surface area (Å²) in [5, 5.41) is 3.16. The predicted molar refractivity (Wildman–Crippen MR) is 86.0 cm³/mol. The molecule has 6 nitrogen and oxygen atoms in total. The van der Waals surface area contributed by atoms with Crippen LogP contribution in [-0.4, -0.2) is 62.4 Å². The van der Waals surface area contributed by atoms with E-state index in [0.717, 1.165) is 0 Å². The van der Waals surface area contributed by atoms with Crippen LogP contribution in [0.3, 0.4) is 0 Å². The van der Waals surface area contributed by atoms with Gasteiger partial charge in [-0.25, -0.2) is 13.4 Å². The first-order valence-corrected chi connectivity index (χ1v) is 8.64. The zero-order valence-electron chi connectivity index (χ0n) is 13.5. The maximum Gasteiger partial charge on any atom is 0.262 e. The van der Waals surface area contributed by atoms with Gasteiger partial charge in [-0.05, 0) is 40.1 Å². The van der Waals surface area contributed by atoms with Crippen LogP contribution in [0.5, 0.6) is 0 Å². The van der Waals surface area contributed by atoms with Crippen molar-refractivity contribution >= 4 is 15.7 Å². The average Bonchev–Trinajstić information content (AvgIpc) is 2.39. The van der Waals surface area contributed by atoms with Gasteiger partial charge in [0.2, 0.25) is 0 Å². The van der Waals surface area contributed by atoms with Gasteiger partial charge in [-0.2, -0.15) is 4.31 Å². The highest BCUT2D eigenvalue weighted by Gasteiger charge is 2.31. The van der Waals surface area contributed by atoms with Crippen LogP contribution in [0.1, 0.15) is 20.8 Å². The fourth-order valence-electron chi connectivity index (χ4n) is 2.37. The van der Waals surface area contributed by atoms with Crippen molar-refractivity contribution in [2.45, 2.75) is 31.8 Å². The van der Waals surface area contributed by atoms with Crippen LogP contribution in [0.2, 0.25) is 0 Å². The monoisotopic (exact) mass is 314 g/mol. The van der Waals surface area contributed by atoms with Crippen molar-refractivity contribution in [1.29, 1.82) is 0 Å². The molecule has 0 fully saturated rings. The smallest absolute Gasteiger partial charge is 0.262 e. The van der Waals surface area contributed by atoms with Crippen LogP contribution in [0.4, 0.5) is 5.69 Å². The van der Waals surface area contributed by atoms with Crippen LogP contribution < -0.4 is 5.32 Å². The fourth-order valence-corrected chi connectivity index (χ4v) is 4.09. The number of rotatable bonds is 8. The lowest BCUT2D eigenvalue weighted by Gasteiger charge is -2.29. The van der Waals surface area contributed by atoms with E-state index in [1.807, 2.05) is 39.8 Å².